The quantitative estimate of drug-likeness (QED) is 0.494. The Morgan fingerprint density at radius 2 is 2.12 bits per heavy atom. The van der Waals surface area contributed by atoms with Crippen molar-refractivity contribution >= 4 is 63.3 Å². The van der Waals surface area contributed by atoms with Crippen LogP contribution in [0.1, 0.15) is 23.2 Å². The Morgan fingerprint density at radius 3 is 2.72 bits per heavy atom. The van der Waals surface area contributed by atoms with Gasteiger partial charge in [0.2, 0.25) is 5.91 Å². The number of aromatic nitrogens is 1. The predicted molar refractivity (Wildman–Crippen MR) is 95.4 cm³/mol. The Balaban J connectivity index is 1.92. The number of hydrogen-bond donors (Lipinski definition) is 1. The second-order valence-electron chi connectivity index (χ2n) is 5.16. The largest absolute Gasteiger partial charge is 0.464 e. The molecule has 1 aliphatic heterocycles. The van der Waals surface area contributed by atoms with Crippen LogP contribution < -0.4 is 5.43 Å². The number of hydrazine groups is 1. The number of amides is 2. The first-order valence-electron chi connectivity index (χ1n) is 7.04. The Morgan fingerprint density at radius 1 is 1.40 bits per heavy atom. The average molecular weight is 379 g/mol. The van der Waals surface area contributed by atoms with Gasteiger partial charge in [0, 0.05) is 32.2 Å². The second kappa shape index (κ2) is 6.37. The summed E-state index contributed by atoms with van der Waals surface area (Å²) in [5.74, 6) is -0.857. The van der Waals surface area contributed by atoms with Crippen LogP contribution in [0.3, 0.4) is 0 Å². The lowest BCUT2D eigenvalue weighted by atomic mass is 10.3. The standard InChI is InChI=1S/C15H13N3O5S2/c1-7(19)16-18-13(20)12(25-15(18)24)5-8-4-9-11(23-8)6-10(17(9)2)14(21)22-3/h4-6H,1-3H3,(H,16,19)/b12-5+. The minimum atomic E-state index is -0.466. The number of thioether (sulfide) groups is 1. The highest BCUT2D eigenvalue weighted by molar-refractivity contribution is 8.26. The number of esters is 1. The first-order chi connectivity index (χ1) is 11.8. The van der Waals surface area contributed by atoms with Gasteiger partial charge in [-0.05, 0) is 12.2 Å². The van der Waals surface area contributed by atoms with E-state index in [9.17, 15) is 14.4 Å². The summed E-state index contributed by atoms with van der Waals surface area (Å²) >= 11 is 6.14. The minimum absolute atomic E-state index is 0.232. The van der Waals surface area contributed by atoms with Crippen LogP contribution >= 0.6 is 24.0 Å². The number of nitrogens with one attached hydrogen (secondary N) is 1. The van der Waals surface area contributed by atoms with E-state index in [2.05, 4.69) is 5.43 Å². The molecule has 8 nitrogen and oxygen atoms in total. The number of fused-ring (bicyclic) bond motifs is 1. The highest BCUT2D eigenvalue weighted by Gasteiger charge is 2.33. The molecule has 0 spiro atoms. The number of thiocarbonyl (C=S) groups is 1. The van der Waals surface area contributed by atoms with E-state index in [4.69, 9.17) is 21.4 Å². The van der Waals surface area contributed by atoms with Gasteiger partial charge in [-0.15, -0.1) is 0 Å². The van der Waals surface area contributed by atoms with E-state index in [-0.39, 0.29) is 4.32 Å². The van der Waals surface area contributed by atoms with Gasteiger partial charge in [-0.2, -0.15) is 5.01 Å². The summed E-state index contributed by atoms with van der Waals surface area (Å²) in [6, 6.07) is 3.27. The lowest BCUT2D eigenvalue weighted by Gasteiger charge is -2.13. The fourth-order valence-corrected chi connectivity index (χ4v) is 3.51. The van der Waals surface area contributed by atoms with Crippen LogP contribution in [0.5, 0.6) is 0 Å². The third-order valence-corrected chi connectivity index (χ3v) is 4.78. The number of ether oxygens (including phenoxy) is 1. The van der Waals surface area contributed by atoms with Crippen molar-refractivity contribution in [2.24, 2.45) is 7.05 Å². The third kappa shape index (κ3) is 3.05. The summed E-state index contributed by atoms with van der Waals surface area (Å²) in [5.41, 5.74) is 3.91. The zero-order valence-corrected chi connectivity index (χ0v) is 15.1. The molecule has 1 aliphatic rings. The summed E-state index contributed by atoms with van der Waals surface area (Å²) in [7, 11) is 3.02. The number of nitrogens with zero attached hydrogens (tertiary/aromatic N) is 2. The molecule has 1 N–H and O–H groups in total. The molecule has 2 aromatic rings. The van der Waals surface area contributed by atoms with Crippen LogP contribution in [0.2, 0.25) is 0 Å². The van der Waals surface area contributed by atoms with E-state index >= 15 is 0 Å². The van der Waals surface area contributed by atoms with Crippen molar-refractivity contribution in [2.75, 3.05) is 7.11 Å². The highest BCUT2D eigenvalue weighted by Crippen LogP contribution is 2.33. The van der Waals surface area contributed by atoms with Crippen molar-refractivity contribution in [1.29, 1.82) is 0 Å². The lowest BCUT2D eigenvalue weighted by molar-refractivity contribution is -0.131. The SMILES string of the molecule is COC(=O)c1cc2oc(/C=C3/SC(=S)N(NC(C)=O)C3=O)cc2n1C. The summed E-state index contributed by atoms with van der Waals surface area (Å²) in [5, 5.41) is 1.02. The Bertz CT molecular complexity index is 956. The zero-order chi connectivity index (χ0) is 18.3. The van der Waals surface area contributed by atoms with Crippen LogP contribution in [0.25, 0.3) is 17.2 Å². The monoisotopic (exact) mass is 379 g/mol. The summed E-state index contributed by atoms with van der Waals surface area (Å²) in [6.07, 6.45) is 1.54. The van der Waals surface area contributed by atoms with Gasteiger partial charge in [0.05, 0.1) is 17.5 Å². The molecular weight excluding hydrogens is 366 g/mol. The molecule has 3 rings (SSSR count). The molecule has 0 aliphatic carbocycles. The molecule has 0 bridgehead atoms. The van der Waals surface area contributed by atoms with Crippen molar-refractivity contribution in [1.82, 2.24) is 15.0 Å². The molecule has 10 heteroatoms. The average Bonchev–Trinajstić information content (AvgIpc) is 3.16. The van der Waals surface area contributed by atoms with Crippen molar-refractivity contribution in [3.63, 3.8) is 0 Å². The third-order valence-electron chi connectivity index (χ3n) is 3.48. The summed E-state index contributed by atoms with van der Waals surface area (Å²) in [6.45, 7) is 1.29. The first-order valence-corrected chi connectivity index (χ1v) is 8.27. The zero-order valence-electron chi connectivity index (χ0n) is 13.5. The molecular formula is C15H13N3O5S2. The maximum absolute atomic E-state index is 12.3. The van der Waals surface area contributed by atoms with Crippen LogP contribution in [-0.2, 0) is 21.4 Å². The van der Waals surface area contributed by atoms with Gasteiger partial charge in [-0.3, -0.25) is 15.0 Å². The molecule has 0 saturated carbocycles. The fourth-order valence-electron chi connectivity index (χ4n) is 2.35. The molecule has 0 atom stereocenters. The van der Waals surface area contributed by atoms with Crippen LogP contribution in [0.4, 0.5) is 0 Å². The smallest absolute Gasteiger partial charge is 0.354 e. The van der Waals surface area contributed by atoms with E-state index in [1.54, 1.807) is 29.8 Å². The summed E-state index contributed by atoms with van der Waals surface area (Å²) in [4.78, 5) is 35.4. The molecule has 3 heterocycles. The highest BCUT2D eigenvalue weighted by atomic mass is 32.2. The molecule has 130 valence electrons. The number of furan rings is 1. The van der Waals surface area contributed by atoms with Crippen LogP contribution in [-0.4, -0.2) is 38.8 Å². The van der Waals surface area contributed by atoms with Crippen molar-refractivity contribution in [2.45, 2.75) is 6.92 Å². The van der Waals surface area contributed by atoms with Gasteiger partial charge < -0.3 is 13.7 Å². The van der Waals surface area contributed by atoms with E-state index in [0.29, 0.717) is 27.5 Å². The minimum Gasteiger partial charge on any atom is -0.464 e. The van der Waals surface area contributed by atoms with Gasteiger partial charge in [0.25, 0.3) is 5.91 Å². The molecule has 2 aromatic heterocycles. The topological polar surface area (TPSA) is 93.8 Å². The molecule has 0 aromatic carbocycles. The van der Waals surface area contributed by atoms with Crippen LogP contribution in [0, 0.1) is 0 Å². The predicted octanol–water partition coefficient (Wildman–Crippen LogP) is 1.81. The molecule has 25 heavy (non-hydrogen) atoms. The summed E-state index contributed by atoms with van der Waals surface area (Å²) < 4.78 is 12.2. The van der Waals surface area contributed by atoms with Crippen molar-refractivity contribution < 1.29 is 23.5 Å². The second-order valence-corrected chi connectivity index (χ2v) is 6.84. The Kier molecular flexibility index (Phi) is 4.39. The number of carbonyl (C=O) groups is 3. The van der Waals surface area contributed by atoms with Crippen LogP contribution in [0.15, 0.2) is 21.5 Å². The normalized spacial score (nSPS) is 16.1. The molecule has 1 saturated heterocycles. The number of hydrogen-bond acceptors (Lipinski definition) is 7. The first kappa shape index (κ1) is 17.2. The number of methoxy groups -OCH3 is 1. The Labute approximate surface area is 151 Å². The van der Waals surface area contributed by atoms with Gasteiger partial charge in [-0.25, -0.2) is 4.79 Å². The number of aryl methyl sites for hydroxylation is 1. The van der Waals surface area contributed by atoms with Gasteiger partial charge in [-0.1, -0.05) is 11.8 Å². The lowest BCUT2D eigenvalue weighted by Crippen LogP contribution is -2.43. The van der Waals surface area contributed by atoms with Crippen molar-refractivity contribution in [3.05, 3.63) is 28.5 Å². The van der Waals surface area contributed by atoms with Gasteiger partial charge in [0.15, 0.2) is 9.90 Å². The van der Waals surface area contributed by atoms with Crippen molar-refractivity contribution in [3.8, 4) is 0 Å². The van der Waals surface area contributed by atoms with E-state index in [1.165, 1.54) is 14.0 Å². The fraction of sp³-hybridized carbons (Fsp3) is 0.200. The molecule has 0 unspecified atom stereocenters. The number of rotatable bonds is 3. The molecule has 0 radical (unpaired) electrons. The van der Waals surface area contributed by atoms with Gasteiger partial charge in [0.1, 0.15) is 11.5 Å². The molecule has 1 fully saturated rings. The maximum Gasteiger partial charge on any atom is 0.354 e. The van der Waals surface area contributed by atoms with E-state index < -0.39 is 17.8 Å². The van der Waals surface area contributed by atoms with Gasteiger partial charge >= 0.3 is 5.97 Å². The van der Waals surface area contributed by atoms with E-state index in [1.807, 2.05) is 0 Å². The number of carbonyl (C=O) groups excluding carboxylic acids is 3. The maximum atomic E-state index is 12.3. The molecule has 2 amide bonds. The Hall–Kier alpha value is -2.59. The van der Waals surface area contributed by atoms with E-state index in [0.717, 1.165) is 16.8 Å².